The molecule has 0 aliphatic carbocycles. The molecule has 8 heteroatoms. The number of nitrogens with one attached hydrogen (secondary N) is 1. The van der Waals surface area contributed by atoms with Crippen molar-refractivity contribution in [2.45, 2.75) is 25.8 Å². The first kappa shape index (κ1) is 21.9. The maximum atomic E-state index is 14.4. The van der Waals surface area contributed by atoms with E-state index in [1.807, 2.05) is 39.2 Å². The number of rotatable bonds is 6. The molecule has 1 aliphatic rings. The highest BCUT2D eigenvalue weighted by atomic mass is 32.1. The van der Waals surface area contributed by atoms with Crippen LogP contribution in [0.3, 0.4) is 0 Å². The summed E-state index contributed by atoms with van der Waals surface area (Å²) >= 11 is 1.44. The Morgan fingerprint density at radius 2 is 2.06 bits per heavy atom. The quantitative estimate of drug-likeness (QED) is 0.407. The molecular weight excluding hydrogens is 437 g/mol. The number of benzene rings is 1. The van der Waals surface area contributed by atoms with Gasteiger partial charge in [0.05, 0.1) is 22.5 Å². The monoisotopic (exact) mass is 463 g/mol. The summed E-state index contributed by atoms with van der Waals surface area (Å²) in [6.45, 7) is 4.21. The van der Waals surface area contributed by atoms with Gasteiger partial charge in [-0.3, -0.25) is 0 Å². The molecule has 3 aromatic heterocycles. The standard InChI is InChI=1S/C25H26FN5OS/c1-15-5-4-6-18(26)24(15)25-29-19-11-23(27-12-21(19)33-25)30-22-8-7-17(16-9-10-32-14-16)20(28-22)13-31(2)3/h4-8,11-12,16H,9-10,13-14H2,1-3H3,(H,27,28,30). The number of nitrogens with zero attached hydrogens (tertiary/aromatic N) is 4. The molecule has 4 heterocycles. The van der Waals surface area contributed by atoms with Crippen LogP contribution >= 0.6 is 11.3 Å². The molecule has 1 atom stereocenters. The van der Waals surface area contributed by atoms with Crippen molar-refractivity contribution in [2.24, 2.45) is 0 Å². The molecule has 170 valence electrons. The predicted molar refractivity (Wildman–Crippen MR) is 131 cm³/mol. The van der Waals surface area contributed by atoms with Crippen LogP contribution < -0.4 is 5.32 Å². The highest BCUT2D eigenvalue weighted by Crippen LogP contribution is 2.34. The summed E-state index contributed by atoms with van der Waals surface area (Å²) in [6, 6.07) is 11.1. The van der Waals surface area contributed by atoms with Crippen LogP contribution in [0.15, 0.2) is 42.6 Å². The Kier molecular flexibility index (Phi) is 6.05. The maximum absolute atomic E-state index is 14.4. The van der Waals surface area contributed by atoms with Gasteiger partial charge in [-0.05, 0) is 50.7 Å². The number of aromatic nitrogens is 3. The normalized spacial score (nSPS) is 16.1. The fourth-order valence-corrected chi connectivity index (χ4v) is 5.23. The van der Waals surface area contributed by atoms with E-state index in [4.69, 9.17) is 9.72 Å². The Morgan fingerprint density at radius 3 is 2.82 bits per heavy atom. The molecule has 0 amide bonds. The third-order valence-corrected chi connectivity index (χ3v) is 6.84. The first-order chi connectivity index (χ1) is 16.0. The second kappa shape index (κ2) is 9.13. The average Bonchev–Trinajstić information content (AvgIpc) is 3.43. The highest BCUT2D eigenvalue weighted by Gasteiger charge is 2.22. The van der Waals surface area contributed by atoms with Gasteiger partial charge in [0.1, 0.15) is 22.5 Å². The fourth-order valence-electron chi connectivity index (χ4n) is 4.20. The number of hydrogen-bond donors (Lipinski definition) is 1. The van der Waals surface area contributed by atoms with E-state index in [1.165, 1.54) is 23.0 Å². The molecule has 1 aliphatic heterocycles. The SMILES string of the molecule is Cc1cccc(F)c1-c1nc2cc(Nc3ccc(C4CCOC4)c(CN(C)C)n3)ncc2s1. The molecule has 1 N–H and O–H groups in total. The summed E-state index contributed by atoms with van der Waals surface area (Å²) in [5.74, 6) is 1.53. The summed E-state index contributed by atoms with van der Waals surface area (Å²) in [4.78, 5) is 16.2. The third-order valence-electron chi connectivity index (χ3n) is 5.81. The lowest BCUT2D eigenvalue weighted by Gasteiger charge is -2.18. The minimum absolute atomic E-state index is 0.259. The van der Waals surface area contributed by atoms with Gasteiger partial charge in [0.15, 0.2) is 0 Å². The number of ether oxygens (including phenoxy) is 1. The van der Waals surface area contributed by atoms with Crippen LogP contribution in [0.2, 0.25) is 0 Å². The number of aryl methyl sites for hydroxylation is 1. The lowest BCUT2D eigenvalue weighted by atomic mass is 9.96. The van der Waals surface area contributed by atoms with Gasteiger partial charge < -0.3 is 15.0 Å². The third kappa shape index (κ3) is 4.59. The molecule has 0 saturated carbocycles. The van der Waals surface area contributed by atoms with E-state index in [-0.39, 0.29) is 5.82 Å². The maximum Gasteiger partial charge on any atom is 0.133 e. The second-order valence-corrected chi connectivity index (χ2v) is 9.67. The molecule has 0 spiro atoms. The molecule has 1 unspecified atom stereocenters. The lowest BCUT2D eigenvalue weighted by Crippen LogP contribution is -2.16. The Morgan fingerprint density at radius 1 is 1.18 bits per heavy atom. The molecule has 33 heavy (non-hydrogen) atoms. The van der Waals surface area contributed by atoms with E-state index in [0.717, 1.165) is 53.5 Å². The van der Waals surface area contributed by atoms with Crippen LogP contribution in [-0.2, 0) is 11.3 Å². The zero-order valence-corrected chi connectivity index (χ0v) is 19.7. The Labute approximate surface area is 196 Å². The topological polar surface area (TPSA) is 63.2 Å². The molecule has 0 radical (unpaired) electrons. The van der Waals surface area contributed by atoms with Gasteiger partial charge in [-0.2, -0.15) is 0 Å². The number of hydrogen-bond acceptors (Lipinski definition) is 7. The smallest absolute Gasteiger partial charge is 0.133 e. The van der Waals surface area contributed by atoms with Crippen molar-refractivity contribution >= 4 is 33.2 Å². The number of halogens is 1. The minimum Gasteiger partial charge on any atom is -0.381 e. The van der Waals surface area contributed by atoms with E-state index in [0.29, 0.717) is 22.3 Å². The number of thiazole rings is 1. The van der Waals surface area contributed by atoms with Crippen molar-refractivity contribution in [2.75, 3.05) is 32.6 Å². The van der Waals surface area contributed by atoms with Gasteiger partial charge in [0.2, 0.25) is 0 Å². The van der Waals surface area contributed by atoms with E-state index in [1.54, 1.807) is 12.3 Å². The first-order valence-corrected chi connectivity index (χ1v) is 11.8. The zero-order valence-electron chi connectivity index (χ0n) is 18.9. The molecule has 1 saturated heterocycles. The number of fused-ring (bicyclic) bond motifs is 1. The van der Waals surface area contributed by atoms with E-state index >= 15 is 0 Å². The van der Waals surface area contributed by atoms with E-state index in [9.17, 15) is 4.39 Å². The van der Waals surface area contributed by atoms with E-state index in [2.05, 4.69) is 26.3 Å². The number of anilines is 2. The molecular formula is C25H26FN5OS. The first-order valence-electron chi connectivity index (χ1n) is 11.0. The summed E-state index contributed by atoms with van der Waals surface area (Å²) in [5.41, 5.74) is 4.50. The Balaban J connectivity index is 1.44. The lowest BCUT2D eigenvalue weighted by molar-refractivity contribution is 0.193. The fraction of sp³-hybridized carbons (Fsp3) is 0.320. The van der Waals surface area contributed by atoms with Gasteiger partial charge >= 0.3 is 0 Å². The Bertz CT molecular complexity index is 1280. The van der Waals surface area contributed by atoms with Crippen LogP contribution in [0.25, 0.3) is 20.8 Å². The second-order valence-electron chi connectivity index (χ2n) is 8.64. The van der Waals surface area contributed by atoms with Crippen LogP contribution in [0.5, 0.6) is 0 Å². The van der Waals surface area contributed by atoms with Gasteiger partial charge in [-0.25, -0.2) is 19.3 Å². The molecule has 0 bridgehead atoms. The van der Waals surface area contributed by atoms with Gasteiger partial charge in [-0.15, -0.1) is 11.3 Å². The van der Waals surface area contributed by atoms with Gasteiger partial charge in [0.25, 0.3) is 0 Å². The predicted octanol–water partition coefficient (Wildman–Crippen LogP) is 5.51. The van der Waals surface area contributed by atoms with Crippen molar-refractivity contribution in [3.8, 4) is 10.6 Å². The number of pyridine rings is 2. The largest absolute Gasteiger partial charge is 0.381 e. The van der Waals surface area contributed by atoms with Crippen LogP contribution in [0.4, 0.5) is 16.0 Å². The summed E-state index contributed by atoms with van der Waals surface area (Å²) < 4.78 is 20.9. The molecule has 4 aromatic rings. The summed E-state index contributed by atoms with van der Waals surface area (Å²) in [6.07, 6.45) is 2.81. The van der Waals surface area contributed by atoms with Crippen LogP contribution in [0.1, 0.15) is 29.2 Å². The molecule has 6 nitrogen and oxygen atoms in total. The highest BCUT2D eigenvalue weighted by molar-refractivity contribution is 7.21. The van der Waals surface area contributed by atoms with Crippen molar-refractivity contribution < 1.29 is 9.13 Å². The zero-order chi connectivity index (χ0) is 22.9. The van der Waals surface area contributed by atoms with Crippen molar-refractivity contribution in [1.29, 1.82) is 0 Å². The minimum atomic E-state index is -0.259. The average molecular weight is 464 g/mol. The van der Waals surface area contributed by atoms with Crippen LogP contribution in [0, 0.1) is 12.7 Å². The van der Waals surface area contributed by atoms with Crippen LogP contribution in [-0.4, -0.2) is 47.2 Å². The van der Waals surface area contributed by atoms with Gasteiger partial charge in [-0.1, -0.05) is 18.2 Å². The molecule has 5 rings (SSSR count). The van der Waals surface area contributed by atoms with Crippen molar-refractivity contribution in [3.63, 3.8) is 0 Å². The molecule has 1 aromatic carbocycles. The van der Waals surface area contributed by atoms with Crippen molar-refractivity contribution in [3.05, 3.63) is 65.2 Å². The summed E-state index contributed by atoms with van der Waals surface area (Å²) in [5, 5.41) is 3.98. The molecule has 1 fully saturated rings. The Hall–Kier alpha value is -2.94. The van der Waals surface area contributed by atoms with E-state index < -0.39 is 0 Å². The van der Waals surface area contributed by atoms with Crippen molar-refractivity contribution in [1.82, 2.24) is 19.9 Å². The van der Waals surface area contributed by atoms with Gasteiger partial charge in [0, 0.05) is 36.9 Å². The summed E-state index contributed by atoms with van der Waals surface area (Å²) in [7, 11) is 4.09.